The standard InChI is InChI=1S/C22H26BNO4/c1-14-8-15(2)10-18(9-14)21(26)24(22(3,4)5)12-20(25)16-6-7-17-13-28-23(27)19(17)11-16/h6-11,27H,12-13H2,1-5H3. The number of fused-ring (bicyclic) bond motifs is 1. The van der Waals surface area contributed by atoms with Crippen molar-refractivity contribution in [1.82, 2.24) is 4.90 Å². The maximum atomic E-state index is 13.2. The molecule has 0 saturated carbocycles. The lowest BCUT2D eigenvalue weighted by atomic mass is 9.78. The van der Waals surface area contributed by atoms with Crippen molar-refractivity contribution < 1.29 is 19.3 Å². The topological polar surface area (TPSA) is 66.8 Å². The molecule has 0 aliphatic carbocycles. The number of nitrogens with zero attached hydrogens (tertiary/aromatic N) is 1. The van der Waals surface area contributed by atoms with Gasteiger partial charge in [-0.15, -0.1) is 0 Å². The molecule has 0 unspecified atom stereocenters. The second-order valence-corrected chi connectivity index (χ2v) is 8.44. The molecule has 1 aliphatic heterocycles. The van der Waals surface area contributed by atoms with Gasteiger partial charge in [0.15, 0.2) is 5.78 Å². The van der Waals surface area contributed by atoms with E-state index in [9.17, 15) is 14.6 Å². The number of aryl methyl sites for hydroxylation is 2. The Labute approximate surface area is 166 Å². The minimum absolute atomic E-state index is 0.0366. The van der Waals surface area contributed by atoms with Gasteiger partial charge >= 0.3 is 7.12 Å². The van der Waals surface area contributed by atoms with E-state index < -0.39 is 12.7 Å². The van der Waals surface area contributed by atoms with Crippen molar-refractivity contribution in [3.05, 3.63) is 64.2 Å². The minimum Gasteiger partial charge on any atom is -0.423 e. The third-order valence-electron chi connectivity index (χ3n) is 4.96. The van der Waals surface area contributed by atoms with Gasteiger partial charge in [0, 0.05) is 16.7 Å². The van der Waals surface area contributed by atoms with E-state index in [0.717, 1.165) is 16.7 Å². The molecular formula is C22H26BNO4. The fourth-order valence-electron chi connectivity index (χ4n) is 3.49. The summed E-state index contributed by atoms with van der Waals surface area (Å²) in [5.41, 5.74) is 4.04. The van der Waals surface area contributed by atoms with Gasteiger partial charge in [0.05, 0.1) is 13.2 Å². The average molecular weight is 379 g/mol. The first-order valence-electron chi connectivity index (χ1n) is 9.42. The summed E-state index contributed by atoms with van der Waals surface area (Å²) in [5.74, 6) is -0.341. The zero-order valence-electron chi connectivity index (χ0n) is 17.1. The predicted octanol–water partition coefficient (Wildman–Crippen LogP) is 2.64. The second-order valence-electron chi connectivity index (χ2n) is 8.44. The third kappa shape index (κ3) is 4.18. The summed E-state index contributed by atoms with van der Waals surface area (Å²) in [7, 11) is -1.00. The van der Waals surface area contributed by atoms with Gasteiger partial charge in [0.1, 0.15) is 0 Å². The lowest BCUT2D eigenvalue weighted by Gasteiger charge is -2.35. The van der Waals surface area contributed by atoms with Crippen LogP contribution in [0.3, 0.4) is 0 Å². The fourth-order valence-corrected chi connectivity index (χ4v) is 3.49. The van der Waals surface area contributed by atoms with Crippen molar-refractivity contribution in [3.63, 3.8) is 0 Å². The summed E-state index contributed by atoms with van der Waals surface area (Å²) >= 11 is 0. The Bertz CT molecular complexity index is 912. The van der Waals surface area contributed by atoms with Crippen LogP contribution in [0.5, 0.6) is 0 Å². The molecule has 0 spiro atoms. The Hall–Kier alpha value is -2.44. The largest absolute Gasteiger partial charge is 0.491 e. The van der Waals surface area contributed by atoms with E-state index in [1.165, 1.54) is 0 Å². The van der Waals surface area contributed by atoms with Crippen LogP contribution >= 0.6 is 0 Å². The molecule has 2 aromatic rings. The van der Waals surface area contributed by atoms with Gasteiger partial charge in [-0.1, -0.05) is 35.4 Å². The number of carbonyl (C=O) groups excluding carboxylic acids is 2. The predicted molar refractivity (Wildman–Crippen MR) is 110 cm³/mol. The van der Waals surface area contributed by atoms with Crippen molar-refractivity contribution >= 4 is 24.3 Å². The number of hydrogen-bond acceptors (Lipinski definition) is 4. The summed E-state index contributed by atoms with van der Waals surface area (Å²) in [6, 6.07) is 10.9. The first-order valence-corrected chi connectivity index (χ1v) is 9.42. The van der Waals surface area contributed by atoms with Crippen LogP contribution in [0, 0.1) is 13.8 Å². The van der Waals surface area contributed by atoms with Crippen LogP contribution in [-0.4, -0.2) is 40.8 Å². The van der Waals surface area contributed by atoms with Gasteiger partial charge in [-0.2, -0.15) is 0 Å². The molecule has 0 atom stereocenters. The summed E-state index contributed by atoms with van der Waals surface area (Å²) in [6.45, 7) is 9.96. The molecule has 0 aromatic heterocycles. The molecule has 0 fully saturated rings. The molecule has 1 aliphatic rings. The third-order valence-corrected chi connectivity index (χ3v) is 4.96. The summed E-state index contributed by atoms with van der Waals surface area (Å²) in [6.07, 6.45) is 0. The number of amides is 1. The highest BCUT2D eigenvalue weighted by atomic mass is 16.5. The van der Waals surface area contributed by atoms with E-state index in [-0.39, 0.29) is 18.2 Å². The maximum absolute atomic E-state index is 13.2. The van der Waals surface area contributed by atoms with Crippen LogP contribution in [0.4, 0.5) is 0 Å². The summed E-state index contributed by atoms with van der Waals surface area (Å²) in [5, 5.41) is 9.89. The quantitative estimate of drug-likeness (QED) is 0.655. The van der Waals surface area contributed by atoms with Crippen molar-refractivity contribution in [1.29, 1.82) is 0 Å². The maximum Gasteiger partial charge on any atom is 0.491 e. The van der Waals surface area contributed by atoms with Crippen molar-refractivity contribution in [3.8, 4) is 0 Å². The van der Waals surface area contributed by atoms with E-state index in [4.69, 9.17) is 4.65 Å². The van der Waals surface area contributed by atoms with Gasteiger partial charge in [-0.25, -0.2) is 0 Å². The molecular weight excluding hydrogens is 353 g/mol. The lowest BCUT2D eigenvalue weighted by molar-refractivity contribution is 0.0547. The zero-order chi connectivity index (χ0) is 20.6. The molecule has 1 N–H and O–H groups in total. The minimum atomic E-state index is -1.00. The lowest BCUT2D eigenvalue weighted by Crippen LogP contribution is -2.48. The number of hydrogen-bond donors (Lipinski definition) is 1. The van der Waals surface area contributed by atoms with Crippen LogP contribution in [0.2, 0.25) is 0 Å². The molecule has 146 valence electrons. The molecule has 0 saturated heterocycles. The molecule has 0 radical (unpaired) electrons. The Kier molecular flexibility index (Phi) is 5.46. The molecule has 1 amide bonds. The Morgan fingerprint density at radius 3 is 2.32 bits per heavy atom. The first-order chi connectivity index (χ1) is 13.1. The monoisotopic (exact) mass is 379 g/mol. The van der Waals surface area contributed by atoms with Gasteiger partial charge < -0.3 is 14.6 Å². The zero-order valence-corrected chi connectivity index (χ0v) is 17.1. The smallest absolute Gasteiger partial charge is 0.423 e. The van der Waals surface area contributed by atoms with E-state index in [1.807, 2.05) is 52.8 Å². The highest BCUT2D eigenvalue weighted by molar-refractivity contribution is 6.61. The van der Waals surface area contributed by atoms with Crippen molar-refractivity contribution in [2.45, 2.75) is 46.8 Å². The first kappa shape index (κ1) is 20.3. The van der Waals surface area contributed by atoms with E-state index in [1.54, 1.807) is 23.1 Å². The average Bonchev–Trinajstić information content (AvgIpc) is 2.97. The molecule has 3 rings (SSSR count). The Morgan fingerprint density at radius 1 is 1.07 bits per heavy atom. The van der Waals surface area contributed by atoms with Crippen LogP contribution in [0.25, 0.3) is 0 Å². The highest BCUT2D eigenvalue weighted by Crippen LogP contribution is 2.20. The van der Waals surface area contributed by atoms with Crippen LogP contribution in [0.15, 0.2) is 36.4 Å². The van der Waals surface area contributed by atoms with Gasteiger partial charge in [-0.05, 0) is 57.8 Å². The number of benzene rings is 2. The SMILES string of the molecule is Cc1cc(C)cc(C(=O)N(CC(=O)c2ccc3c(c2)B(O)OC3)C(C)(C)C)c1. The number of carbonyl (C=O) groups is 2. The van der Waals surface area contributed by atoms with Gasteiger partial charge in [0.25, 0.3) is 5.91 Å². The molecule has 5 nitrogen and oxygen atoms in total. The number of ketones is 1. The van der Waals surface area contributed by atoms with E-state index >= 15 is 0 Å². The van der Waals surface area contributed by atoms with E-state index in [0.29, 0.717) is 23.2 Å². The van der Waals surface area contributed by atoms with E-state index in [2.05, 4.69) is 0 Å². The summed E-state index contributed by atoms with van der Waals surface area (Å²) < 4.78 is 5.19. The van der Waals surface area contributed by atoms with Crippen molar-refractivity contribution in [2.24, 2.45) is 0 Å². The highest BCUT2D eigenvalue weighted by Gasteiger charge is 2.31. The molecule has 1 heterocycles. The number of rotatable bonds is 4. The Balaban J connectivity index is 1.88. The fraction of sp³-hybridized carbons (Fsp3) is 0.364. The summed E-state index contributed by atoms with van der Waals surface area (Å²) in [4.78, 5) is 27.8. The van der Waals surface area contributed by atoms with Gasteiger partial charge in [0.2, 0.25) is 0 Å². The van der Waals surface area contributed by atoms with Crippen LogP contribution < -0.4 is 5.46 Å². The normalized spacial score (nSPS) is 13.4. The second kappa shape index (κ2) is 7.53. The molecule has 0 bridgehead atoms. The van der Waals surface area contributed by atoms with Crippen molar-refractivity contribution in [2.75, 3.05) is 6.54 Å². The Morgan fingerprint density at radius 2 is 1.71 bits per heavy atom. The molecule has 2 aromatic carbocycles. The molecule has 6 heteroatoms. The van der Waals surface area contributed by atoms with Crippen LogP contribution in [0.1, 0.15) is 58.2 Å². The van der Waals surface area contributed by atoms with Gasteiger partial charge in [-0.3, -0.25) is 9.59 Å². The molecule has 28 heavy (non-hydrogen) atoms. The number of Topliss-reactive ketones (excluding diaryl/α,β-unsaturated/α-hetero) is 1. The van der Waals surface area contributed by atoms with Crippen LogP contribution in [-0.2, 0) is 11.3 Å².